The lowest BCUT2D eigenvalue weighted by Crippen LogP contribution is -2.50. The van der Waals surface area contributed by atoms with Crippen LogP contribution < -0.4 is 5.32 Å². The molecule has 0 saturated carbocycles. The lowest BCUT2D eigenvalue weighted by atomic mass is 10.0. The van der Waals surface area contributed by atoms with Gasteiger partial charge < -0.3 is 10.2 Å². The van der Waals surface area contributed by atoms with Gasteiger partial charge in [0, 0.05) is 18.3 Å². The summed E-state index contributed by atoms with van der Waals surface area (Å²) in [6.45, 7) is 9.22. The Labute approximate surface area is 108 Å². The van der Waals surface area contributed by atoms with Crippen LogP contribution in [0.5, 0.6) is 0 Å². The topological polar surface area (TPSA) is 49.4 Å². The standard InChI is InChI=1S/C14H20N2O2/c1-5-7-11(6-2)14(18)16(4)12-9-8-10(3)15-13(12)17/h5,7,12H,1,3,6,8-9H2,2,4H3,(H,15,17)/b11-7+. The Kier molecular flexibility index (Phi) is 4.89. The third-order valence-corrected chi connectivity index (χ3v) is 3.08. The first-order chi connectivity index (χ1) is 8.51. The Bertz CT molecular complexity index is 410. The minimum atomic E-state index is -0.414. The zero-order chi connectivity index (χ0) is 13.7. The fourth-order valence-corrected chi connectivity index (χ4v) is 1.98. The monoisotopic (exact) mass is 248 g/mol. The van der Waals surface area contributed by atoms with E-state index in [9.17, 15) is 9.59 Å². The molecule has 1 heterocycles. The maximum atomic E-state index is 12.2. The molecule has 1 aliphatic rings. The number of nitrogens with zero attached hydrogens (tertiary/aromatic N) is 1. The van der Waals surface area contributed by atoms with Gasteiger partial charge in [-0.3, -0.25) is 9.59 Å². The number of rotatable bonds is 4. The molecule has 0 aromatic heterocycles. The van der Waals surface area contributed by atoms with Gasteiger partial charge in [-0.1, -0.05) is 32.2 Å². The minimum Gasteiger partial charge on any atom is -0.330 e. The molecule has 1 unspecified atom stereocenters. The SMILES string of the molecule is C=C/C=C(\CC)C(=O)N(C)C1CCC(=C)NC1=O. The van der Waals surface area contributed by atoms with Crippen molar-refractivity contribution in [3.63, 3.8) is 0 Å². The Balaban J connectivity index is 2.80. The van der Waals surface area contributed by atoms with Gasteiger partial charge in [-0.25, -0.2) is 0 Å². The highest BCUT2D eigenvalue weighted by atomic mass is 16.2. The van der Waals surface area contributed by atoms with Crippen molar-refractivity contribution < 1.29 is 9.59 Å². The third kappa shape index (κ3) is 3.09. The number of piperidine rings is 1. The average Bonchev–Trinajstić information content (AvgIpc) is 2.34. The van der Waals surface area contributed by atoms with Gasteiger partial charge in [-0.15, -0.1) is 0 Å². The highest BCUT2D eigenvalue weighted by molar-refractivity contribution is 5.97. The van der Waals surface area contributed by atoms with E-state index in [1.54, 1.807) is 19.2 Å². The largest absolute Gasteiger partial charge is 0.330 e. The predicted octanol–water partition coefficient (Wildman–Crippen LogP) is 1.76. The Morgan fingerprint density at radius 3 is 2.78 bits per heavy atom. The normalized spacial score (nSPS) is 20.3. The molecule has 98 valence electrons. The van der Waals surface area contributed by atoms with Gasteiger partial charge in [0.05, 0.1) is 0 Å². The molecule has 0 aromatic rings. The molecule has 1 aliphatic heterocycles. The number of likely N-dealkylation sites (N-methyl/N-ethyl adjacent to an activating group) is 1. The predicted molar refractivity (Wildman–Crippen MR) is 71.6 cm³/mol. The van der Waals surface area contributed by atoms with Crippen molar-refractivity contribution in [2.75, 3.05) is 7.05 Å². The summed E-state index contributed by atoms with van der Waals surface area (Å²) in [5.41, 5.74) is 1.37. The lowest BCUT2D eigenvalue weighted by Gasteiger charge is -2.31. The minimum absolute atomic E-state index is 0.120. The summed E-state index contributed by atoms with van der Waals surface area (Å²) in [5, 5.41) is 2.69. The van der Waals surface area contributed by atoms with E-state index in [4.69, 9.17) is 0 Å². The molecule has 1 rings (SSSR count). The van der Waals surface area contributed by atoms with Crippen LogP contribution in [0.1, 0.15) is 26.2 Å². The van der Waals surface area contributed by atoms with Crippen molar-refractivity contribution in [2.45, 2.75) is 32.2 Å². The summed E-state index contributed by atoms with van der Waals surface area (Å²) in [5.74, 6) is -0.277. The first-order valence-corrected chi connectivity index (χ1v) is 6.08. The van der Waals surface area contributed by atoms with Gasteiger partial charge in [0.25, 0.3) is 0 Å². The van der Waals surface area contributed by atoms with Crippen molar-refractivity contribution in [3.05, 3.63) is 36.6 Å². The highest BCUT2D eigenvalue weighted by Gasteiger charge is 2.30. The Morgan fingerprint density at radius 2 is 2.28 bits per heavy atom. The second kappa shape index (κ2) is 6.19. The molecule has 1 saturated heterocycles. The van der Waals surface area contributed by atoms with Crippen LogP contribution in [0.25, 0.3) is 0 Å². The molecule has 0 spiro atoms. The number of carbonyl (C=O) groups is 2. The number of allylic oxidation sites excluding steroid dienone is 3. The quantitative estimate of drug-likeness (QED) is 0.609. The molecule has 0 aromatic carbocycles. The number of carbonyl (C=O) groups excluding carboxylic acids is 2. The number of nitrogens with one attached hydrogen (secondary N) is 1. The molecule has 4 heteroatoms. The van der Waals surface area contributed by atoms with E-state index in [0.29, 0.717) is 24.8 Å². The van der Waals surface area contributed by atoms with Crippen LogP contribution in [0, 0.1) is 0 Å². The summed E-state index contributed by atoms with van der Waals surface area (Å²) in [7, 11) is 1.66. The summed E-state index contributed by atoms with van der Waals surface area (Å²) >= 11 is 0. The van der Waals surface area contributed by atoms with E-state index < -0.39 is 6.04 Å². The molecule has 0 bridgehead atoms. The summed E-state index contributed by atoms with van der Waals surface area (Å²) in [6.07, 6.45) is 5.24. The van der Waals surface area contributed by atoms with E-state index in [1.165, 1.54) is 4.90 Å². The molecular weight excluding hydrogens is 228 g/mol. The van der Waals surface area contributed by atoms with Crippen molar-refractivity contribution in [3.8, 4) is 0 Å². The van der Waals surface area contributed by atoms with Crippen molar-refractivity contribution >= 4 is 11.8 Å². The summed E-state index contributed by atoms with van der Waals surface area (Å²) in [4.78, 5) is 25.5. The molecule has 4 nitrogen and oxygen atoms in total. The van der Waals surface area contributed by atoms with Gasteiger partial charge in [0.2, 0.25) is 11.8 Å². The second-order valence-corrected chi connectivity index (χ2v) is 4.34. The van der Waals surface area contributed by atoms with Gasteiger partial charge in [0.15, 0.2) is 0 Å². The summed E-state index contributed by atoms with van der Waals surface area (Å²) < 4.78 is 0. The number of hydrogen-bond donors (Lipinski definition) is 1. The molecule has 1 N–H and O–H groups in total. The van der Waals surface area contributed by atoms with Crippen molar-refractivity contribution in [2.24, 2.45) is 0 Å². The highest BCUT2D eigenvalue weighted by Crippen LogP contribution is 2.17. The van der Waals surface area contributed by atoms with Gasteiger partial charge >= 0.3 is 0 Å². The maximum absolute atomic E-state index is 12.2. The lowest BCUT2D eigenvalue weighted by molar-refractivity contribution is -0.137. The molecule has 0 aliphatic carbocycles. The van der Waals surface area contributed by atoms with E-state index >= 15 is 0 Å². The van der Waals surface area contributed by atoms with Gasteiger partial charge in [-0.05, 0) is 19.3 Å². The first-order valence-electron chi connectivity index (χ1n) is 6.08. The smallest absolute Gasteiger partial charge is 0.250 e. The molecule has 1 fully saturated rings. The molecular formula is C14H20N2O2. The molecule has 18 heavy (non-hydrogen) atoms. The fourth-order valence-electron chi connectivity index (χ4n) is 1.98. The molecule has 1 atom stereocenters. The molecule has 2 amide bonds. The number of hydrogen-bond acceptors (Lipinski definition) is 2. The summed E-state index contributed by atoms with van der Waals surface area (Å²) in [6, 6.07) is -0.414. The second-order valence-electron chi connectivity index (χ2n) is 4.34. The average molecular weight is 248 g/mol. The van der Waals surface area contributed by atoms with Crippen molar-refractivity contribution in [1.29, 1.82) is 0 Å². The van der Waals surface area contributed by atoms with Crippen LogP contribution >= 0.6 is 0 Å². The van der Waals surface area contributed by atoms with Gasteiger partial charge in [-0.2, -0.15) is 0 Å². The zero-order valence-electron chi connectivity index (χ0n) is 11.0. The fraction of sp³-hybridized carbons (Fsp3) is 0.429. The van der Waals surface area contributed by atoms with Crippen LogP contribution in [0.3, 0.4) is 0 Å². The maximum Gasteiger partial charge on any atom is 0.250 e. The van der Waals surface area contributed by atoms with Crippen LogP contribution in [-0.4, -0.2) is 29.8 Å². The van der Waals surface area contributed by atoms with Crippen LogP contribution in [0.15, 0.2) is 36.6 Å². The van der Waals surface area contributed by atoms with Crippen molar-refractivity contribution in [1.82, 2.24) is 10.2 Å². The molecule has 0 radical (unpaired) electrons. The Morgan fingerprint density at radius 1 is 1.61 bits per heavy atom. The van der Waals surface area contributed by atoms with E-state index in [0.717, 1.165) is 5.70 Å². The van der Waals surface area contributed by atoms with Gasteiger partial charge in [0.1, 0.15) is 6.04 Å². The van der Waals surface area contributed by atoms with E-state index in [-0.39, 0.29) is 11.8 Å². The van der Waals surface area contributed by atoms with E-state index in [2.05, 4.69) is 18.5 Å². The first kappa shape index (κ1) is 14.2. The van der Waals surface area contributed by atoms with Crippen LogP contribution in [0.4, 0.5) is 0 Å². The van der Waals surface area contributed by atoms with E-state index in [1.807, 2.05) is 6.92 Å². The Hall–Kier alpha value is -1.84. The number of amides is 2. The van der Waals surface area contributed by atoms with Crippen LogP contribution in [0.2, 0.25) is 0 Å². The van der Waals surface area contributed by atoms with Crippen LogP contribution in [-0.2, 0) is 9.59 Å². The third-order valence-electron chi connectivity index (χ3n) is 3.08. The zero-order valence-corrected chi connectivity index (χ0v) is 11.0.